The Hall–Kier alpha value is -2.27. The first kappa shape index (κ1) is 14.7. The zero-order valence-corrected chi connectivity index (χ0v) is 13.4. The molecule has 0 amide bonds. The molecular formula is C17H17N3OS. The lowest BCUT2D eigenvalue weighted by Gasteiger charge is -2.09. The lowest BCUT2D eigenvalue weighted by molar-refractivity contribution is 0.779. The van der Waals surface area contributed by atoms with E-state index in [1.54, 1.807) is 0 Å². The van der Waals surface area contributed by atoms with Crippen molar-refractivity contribution in [3.8, 4) is 0 Å². The second-order valence-electron chi connectivity index (χ2n) is 5.36. The Morgan fingerprint density at radius 3 is 2.50 bits per heavy atom. The van der Waals surface area contributed by atoms with E-state index < -0.39 is 0 Å². The van der Waals surface area contributed by atoms with Gasteiger partial charge < -0.3 is 5.84 Å². The summed E-state index contributed by atoms with van der Waals surface area (Å²) in [5.74, 6) is 6.63. The number of nitrogens with two attached hydrogens (primary N) is 1. The van der Waals surface area contributed by atoms with Crippen LogP contribution in [0.2, 0.25) is 0 Å². The summed E-state index contributed by atoms with van der Waals surface area (Å²) in [6.45, 7) is 4.00. The number of nitrogen functional groups attached to an aromatic ring is 1. The van der Waals surface area contributed by atoms with Gasteiger partial charge in [-0.3, -0.25) is 4.79 Å². The summed E-state index contributed by atoms with van der Waals surface area (Å²) in [5, 5.41) is 1.09. The van der Waals surface area contributed by atoms with Gasteiger partial charge in [-0.1, -0.05) is 53.2 Å². The van der Waals surface area contributed by atoms with Gasteiger partial charge in [0.15, 0.2) is 5.16 Å². The van der Waals surface area contributed by atoms with Crippen LogP contribution in [0.5, 0.6) is 0 Å². The molecule has 0 aliphatic rings. The second-order valence-corrected chi connectivity index (χ2v) is 6.31. The Bertz CT molecular complexity index is 885. The van der Waals surface area contributed by atoms with Gasteiger partial charge in [0.05, 0.1) is 10.9 Å². The Morgan fingerprint density at radius 2 is 1.77 bits per heavy atom. The van der Waals surface area contributed by atoms with Crippen LogP contribution in [-0.4, -0.2) is 9.66 Å². The van der Waals surface area contributed by atoms with Crippen molar-refractivity contribution in [1.29, 1.82) is 0 Å². The van der Waals surface area contributed by atoms with E-state index in [-0.39, 0.29) is 5.56 Å². The molecule has 0 aliphatic carbocycles. The predicted octanol–water partition coefficient (Wildman–Crippen LogP) is 3.02. The van der Waals surface area contributed by atoms with Crippen molar-refractivity contribution in [2.24, 2.45) is 0 Å². The van der Waals surface area contributed by atoms with Crippen molar-refractivity contribution in [2.45, 2.75) is 24.8 Å². The molecule has 22 heavy (non-hydrogen) atoms. The molecule has 112 valence electrons. The van der Waals surface area contributed by atoms with Gasteiger partial charge in [-0.2, -0.15) is 0 Å². The number of aryl methyl sites for hydroxylation is 2. The highest BCUT2D eigenvalue weighted by atomic mass is 32.2. The van der Waals surface area contributed by atoms with Gasteiger partial charge in [-0.05, 0) is 31.5 Å². The molecule has 0 spiro atoms. The van der Waals surface area contributed by atoms with Crippen LogP contribution in [0.3, 0.4) is 0 Å². The third kappa shape index (κ3) is 2.85. The molecule has 2 aromatic carbocycles. The summed E-state index contributed by atoms with van der Waals surface area (Å²) in [6, 6.07) is 13.9. The molecule has 0 aliphatic heterocycles. The third-order valence-electron chi connectivity index (χ3n) is 3.51. The molecule has 0 bridgehead atoms. The summed E-state index contributed by atoms with van der Waals surface area (Å²) in [4.78, 5) is 16.9. The highest BCUT2D eigenvalue weighted by Crippen LogP contribution is 2.21. The molecule has 3 aromatic rings. The first-order valence-corrected chi connectivity index (χ1v) is 8.00. The lowest BCUT2D eigenvalue weighted by Crippen LogP contribution is -2.29. The Kier molecular flexibility index (Phi) is 3.90. The highest BCUT2D eigenvalue weighted by molar-refractivity contribution is 7.98. The fourth-order valence-corrected chi connectivity index (χ4v) is 3.10. The van der Waals surface area contributed by atoms with Gasteiger partial charge in [-0.15, -0.1) is 0 Å². The van der Waals surface area contributed by atoms with Crippen LogP contribution in [0, 0.1) is 13.8 Å². The SMILES string of the molecule is Cc1ccc(CSc2nc3ccc(C)cc3c(=O)n2N)cc1. The minimum Gasteiger partial charge on any atom is -0.334 e. The molecule has 5 heteroatoms. The van der Waals surface area contributed by atoms with Crippen LogP contribution < -0.4 is 11.4 Å². The van der Waals surface area contributed by atoms with E-state index >= 15 is 0 Å². The minimum absolute atomic E-state index is 0.208. The van der Waals surface area contributed by atoms with Crippen LogP contribution in [0.15, 0.2) is 52.4 Å². The summed E-state index contributed by atoms with van der Waals surface area (Å²) in [6.07, 6.45) is 0. The van der Waals surface area contributed by atoms with E-state index in [1.165, 1.54) is 22.9 Å². The minimum atomic E-state index is -0.208. The van der Waals surface area contributed by atoms with E-state index in [2.05, 4.69) is 36.2 Å². The van der Waals surface area contributed by atoms with E-state index in [0.717, 1.165) is 16.0 Å². The zero-order chi connectivity index (χ0) is 15.7. The number of fused-ring (bicyclic) bond motifs is 1. The Labute approximate surface area is 133 Å². The lowest BCUT2D eigenvalue weighted by atomic mass is 10.2. The monoisotopic (exact) mass is 311 g/mol. The van der Waals surface area contributed by atoms with Gasteiger partial charge in [-0.25, -0.2) is 9.66 Å². The van der Waals surface area contributed by atoms with Gasteiger partial charge in [0, 0.05) is 5.75 Å². The molecule has 1 heterocycles. The van der Waals surface area contributed by atoms with E-state index in [1.807, 2.05) is 25.1 Å². The molecule has 0 unspecified atom stereocenters. The van der Waals surface area contributed by atoms with E-state index in [4.69, 9.17) is 5.84 Å². The topological polar surface area (TPSA) is 60.9 Å². The fourth-order valence-electron chi connectivity index (χ4n) is 2.23. The van der Waals surface area contributed by atoms with Crippen molar-refractivity contribution < 1.29 is 0 Å². The average Bonchev–Trinajstić information content (AvgIpc) is 2.52. The van der Waals surface area contributed by atoms with Crippen LogP contribution in [-0.2, 0) is 5.75 Å². The maximum Gasteiger partial charge on any atom is 0.280 e. The normalized spacial score (nSPS) is 11.0. The van der Waals surface area contributed by atoms with Crippen molar-refractivity contribution in [3.05, 3.63) is 69.5 Å². The summed E-state index contributed by atoms with van der Waals surface area (Å²) in [7, 11) is 0. The largest absolute Gasteiger partial charge is 0.334 e. The highest BCUT2D eigenvalue weighted by Gasteiger charge is 2.09. The zero-order valence-electron chi connectivity index (χ0n) is 12.5. The van der Waals surface area contributed by atoms with Gasteiger partial charge in [0.1, 0.15) is 0 Å². The first-order chi connectivity index (χ1) is 10.5. The second kappa shape index (κ2) is 5.85. The molecule has 1 aromatic heterocycles. The molecule has 4 nitrogen and oxygen atoms in total. The number of hydrogen-bond acceptors (Lipinski definition) is 4. The molecule has 0 atom stereocenters. The summed E-state index contributed by atoms with van der Waals surface area (Å²) < 4.78 is 1.14. The molecule has 3 rings (SSSR count). The number of aromatic nitrogens is 2. The van der Waals surface area contributed by atoms with Crippen molar-refractivity contribution >= 4 is 22.7 Å². The standard InChI is InChI=1S/C17H17N3OS/c1-11-3-6-13(7-4-11)10-22-17-19-15-8-5-12(2)9-14(15)16(21)20(17)18/h3-9H,10,18H2,1-2H3. The van der Waals surface area contributed by atoms with Crippen molar-refractivity contribution in [3.63, 3.8) is 0 Å². The smallest absolute Gasteiger partial charge is 0.280 e. The van der Waals surface area contributed by atoms with Gasteiger partial charge >= 0.3 is 0 Å². The maximum absolute atomic E-state index is 12.3. The number of nitrogens with zero attached hydrogens (tertiary/aromatic N) is 2. The molecule has 0 saturated carbocycles. The average molecular weight is 311 g/mol. The summed E-state index contributed by atoms with van der Waals surface area (Å²) in [5.41, 5.74) is 3.90. The Morgan fingerprint density at radius 1 is 1.09 bits per heavy atom. The van der Waals surface area contributed by atoms with Crippen LogP contribution in [0.4, 0.5) is 0 Å². The van der Waals surface area contributed by atoms with Gasteiger partial charge in [0.25, 0.3) is 5.56 Å². The summed E-state index contributed by atoms with van der Waals surface area (Å²) >= 11 is 1.47. The van der Waals surface area contributed by atoms with Crippen LogP contribution in [0.1, 0.15) is 16.7 Å². The van der Waals surface area contributed by atoms with Crippen molar-refractivity contribution in [1.82, 2.24) is 9.66 Å². The third-order valence-corrected chi connectivity index (χ3v) is 4.54. The number of rotatable bonds is 3. The van der Waals surface area contributed by atoms with Gasteiger partial charge in [0.2, 0.25) is 0 Å². The quantitative estimate of drug-likeness (QED) is 0.459. The molecule has 0 saturated heterocycles. The van der Waals surface area contributed by atoms with E-state index in [0.29, 0.717) is 16.1 Å². The fraction of sp³-hybridized carbons (Fsp3) is 0.176. The number of hydrogen-bond donors (Lipinski definition) is 1. The first-order valence-electron chi connectivity index (χ1n) is 7.01. The molecule has 2 N–H and O–H groups in total. The number of thioether (sulfide) groups is 1. The number of benzene rings is 2. The molecular weight excluding hydrogens is 294 g/mol. The molecule has 0 fully saturated rings. The van der Waals surface area contributed by atoms with Crippen molar-refractivity contribution in [2.75, 3.05) is 5.84 Å². The maximum atomic E-state index is 12.3. The predicted molar refractivity (Wildman–Crippen MR) is 91.6 cm³/mol. The van der Waals surface area contributed by atoms with Crippen LogP contribution >= 0.6 is 11.8 Å². The van der Waals surface area contributed by atoms with E-state index in [9.17, 15) is 4.79 Å². The Balaban J connectivity index is 1.94. The van der Waals surface area contributed by atoms with Crippen LogP contribution in [0.25, 0.3) is 10.9 Å². The molecule has 0 radical (unpaired) electrons.